The maximum absolute atomic E-state index is 6.16. The zero-order valence-electron chi connectivity index (χ0n) is 16.1. The second-order valence-electron chi connectivity index (χ2n) is 7.53. The summed E-state index contributed by atoms with van der Waals surface area (Å²) in [7, 11) is 0. The van der Waals surface area contributed by atoms with Crippen LogP contribution in [0.5, 0.6) is 0 Å². The second-order valence-corrected chi connectivity index (χ2v) is 9.05. The van der Waals surface area contributed by atoms with Crippen molar-refractivity contribution >= 4 is 53.9 Å². The van der Waals surface area contributed by atoms with Crippen molar-refractivity contribution in [2.24, 2.45) is 0 Å². The normalized spacial score (nSPS) is 11.5. The molecule has 30 heavy (non-hydrogen) atoms. The summed E-state index contributed by atoms with van der Waals surface area (Å²) in [5.41, 5.74) is 4.92. The molecule has 6 aromatic rings. The van der Waals surface area contributed by atoms with Gasteiger partial charge in [-0.25, -0.2) is 0 Å². The van der Waals surface area contributed by atoms with Gasteiger partial charge in [0.05, 0.1) is 0 Å². The van der Waals surface area contributed by atoms with Crippen LogP contribution in [0.4, 0.5) is 0 Å². The Kier molecular flexibility index (Phi) is 4.12. The van der Waals surface area contributed by atoms with Crippen LogP contribution in [-0.2, 0) is 0 Å². The molecule has 0 aliphatic rings. The van der Waals surface area contributed by atoms with Crippen molar-refractivity contribution in [3.63, 3.8) is 0 Å². The molecule has 0 N–H and O–H groups in total. The van der Waals surface area contributed by atoms with Gasteiger partial charge in [-0.1, -0.05) is 90.5 Å². The van der Waals surface area contributed by atoms with Crippen LogP contribution in [0.15, 0.2) is 103 Å². The van der Waals surface area contributed by atoms with Crippen LogP contribution in [0.2, 0.25) is 5.02 Å². The van der Waals surface area contributed by atoms with Crippen molar-refractivity contribution in [2.75, 3.05) is 0 Å². The number of fused-ring (bicyclic) bond motifs is 4. The number of halogens is 1. The molecule has 142 valence electrons. The van der Waals surface area contributed by atoms with Crippen LogP contribution in [0.1, 0.15) is 0 Å². The predicted octanol–water partition coefficient (Wildman–Crippen LogP) is 9.20. The smallest absolute Gasteiger partial charge is 0.0406 e. The highest BCUT2D eigenvalue weighted by molar-refractivity contribution is 7.25. The topological polar surface area (TPSA) is 0 Å². The molecule has 0 atom stereocenters. The van der Waals surface area contributed by atoms with Crippen molar-refractivity contribution in [3.8, 4) is 22.3 Å². The summed E-state index contributed by atoms with van der Waals surface area (Å²) < 4.78 is 2.66. The lowest BCUT2D eigenvalue weighted by molar-refractivity contribution is 1.62. The molecule has 0 aliphatic heterocycles. The van der Waals surface area contributed by atoms with Crippen LogP contribution >= 0.6 is 22.9 Å². The molecule has 0 radical (unpaired) electrons. The molecule has 5 aromatic carbocycles. The van der Waals surface area contributed by atoms with Gasteiger partial charge in [0.15, 0.2) is 0 Å². The summed E-state index contributed by atoms with van der Waals surface area (Å²) in [5.74, 6) is 0. The molecule has 1 heterocycles. The van der Waals surface area contributed by atoms with Crippen LogP contribution in [0, 0.1) is 0 Å². The molecule has 0 fully saturated rings. The maximum Gasteiger partial charge on any atom is 0.0406 e. The van der Waals surface area contributed by atoms with E-state index in [4.69, 9.17) is 11.6 Å². The number of hydrogen-bond donors (Lipinski definition) is 0. The fourth-order valence-corrected chi connectivity index (χ4v) is 5.61. The molecule has 0 unspecified atom stereocenters. The Balaban J connectivity index is 1.67. The van der Waals surface area contributed by atoms with Gasteiger partial charge in [0.2, 0.25) is 0 Å². The van der Waals surface area contributed by atoms with Crippen molar-refractivity contribution in [1.82, 2.24) is 0 Å². The minimum absolute atomic E-state index is 0.757. The van der Waals surface area contributed by atoms with Gasteiger partial charge in [-0.05, 0) is 57.3 Å². The van der Waals surface area contributed by atoms with E-state index in [1.54, 1.807) is 0 Å². The Labute approximate surface area is 184 Å². The Bertz CT molecular complexity index is 1540. The van der Waals surface area contributed by atoms with E-state index >= 15 is 0 Å². The van der Waals surface area contributed by atoms with Gasteiger partial charge in [-0.3, -0.25) is 0 Å². The second kappa shape index (κ2) is 6.98. The van der Waals surface area contributed by atoms with Crippen molar-refractivity contribution in [1.29, 1.82) is 0 Å². The summed E-state index contributed by atoms with van der Waals surface area (Å²) >= 11 is 8.02. The van der Waals surface area contributed by atoms with Gasteiger partial charge in [0, 0.05) is 25.2 Å². The van der Waals surface area contributed by atoms with Crippen molar-refractivity contribution < 1.29 is 0 Å². The van der Waals surface area contributed by atoms with Gasteiger partial charge < -0.3 is 0 Å². The summed E-state index contributed by atoms with van der Waals surface area (Å²) in [5, 5.41) is 5.94. The monoisotopic (exact) mass is 420 g/mol. The molecule has 0 saturated carbocycles. The molecule has 0 nitrogen and oxygen atoms in total. The molecular formula is C28H17ClS. The molecule has 0 spiro atoms. The van der Waals surface area contributed by atoms with E-state index in [1.165, 1.54) is 53.2 Å². The minimum atomic E-state index is 0.757. The van der Waals surface area contributed by atoms with E-state index in [2.05, 4.69) is 91.0 Å². The highest BCUT2D eigenvalue weighted by atomic mass is 35.5. The fraction of sp³-hybridized carbons (Fsp3) is 0. The molecule has 1 aromatic heterocycles. The standard InChI is InChI=1S/C28H17ClS/c29-21-13-9-19(10-14-21)23-15-11-18-5-1-2-6-22(18)28(23)20-12-16-25-24-7-3-4-8-26(24)30-27(25)17-20/h1-17H. The molecule has 0 aliphatic carbocycles. The first-order valence-corrected chi connectivity index (χ1v) is 11.2. The fourth-order valence-electron chi connectivity index (χ4n) is 4.33. The number of thiophene rings is 1. The summed E-state index contributed by atoms with van der Waals surface area (Å²) in [4.78, 5) is 0. The average Bonchev–Trinajstić information content (AvgIpc) is 3.16. The van der Waals surface area contributed by atoms with Gasteiger partial charge in [0.1, 0.15) is 0 Å². The number of rotatable bonds is 2. The Morgan fingerprint density at radius 2 is 1.23 bits per heavy atom. The first-order chi connectivity index (χ1) is 14.8. The van der Waals surface area contributed by atoms with Gasteiger partial charge in [-0.2, -0.15) is 0 Å². The first-order valence-electron chi connectivity index (χ1n) is 9.97. The number of benzene rings is 5. The zero-order valence-corrected chi connectivity index (χ0v) is 17.7. The third-order valence-corrected chi connectivity index (χ3v) is 7.14. The molecule has 6 rings (SSSR count). The summed E-state index contributed by atoms with van der Waals surface area (Å²) in [6, 6.07) is 36.7. The van der Waals surface area contributed by atoms with E-state index in [1.807, 2.05) is 23.5 Å². The van der Waals surface area contributed by atoms with Crippen molar-refractivity contribution in [3.05, 3.63) is 108 Å². The van der Waals surface area contributed by atoms with Gasteiger partial charge >= 0.3 is 0 Å². The summed E-state index contributed by atoms with van der Waals surface area (Å²) in [6.45, 7) is 0. The van der Waals surface area contributed by atoms with Crippen LogP contribution in [-0.4, -0.2) is 0 Å². The highest BCUT2D eigenvalue weighted by Crippen LogP contribution is 2.42. The van der Waals surface area contributed by atoms with E-state index in [9.17, 15) is 0 Å². The molecule has 0 saturated heterocycles. The van der Waals surface area contributed by atoms with E-state index in [-0.39, 0.29) is 0 Å². The molecule has 0 bridgehead atoms. The minimum Gasteiger partial charge on any atom is -0.135 e. The summed E-state index contributed by atoms with van der Waals surface area (Å²) in [6.07, 6.45) is 0. The predicted molar refractivity (Wildman–Crippen MR) is 133 cm³/mol. The Morgan fingerprint density at radius 3 is 2.10 bits per heavy atom. The third-order valence-electron chi connectivity index (χ3n) is 5.75. The average molecular weight is 421 g/mol. The molecule has 0 amide bonds. The first kappa shape index (κ1) is 17.7. The lowest BCUT2D eigenvalue weighted by Gasteiger charge is -2.14. The SMILES string of the molecule is Clc1ccc(-c2ccc3ccccc3c2-c2ccc3c(c2)sc2ccccc23)cc1. The number of hydrogen-bond acceptors (Lipinski definition) is 1. The van der Waals surface area contributed by atoms with Crippen LogP contribution in [0.25, 0.3) is 53.2 Å². The maximum atomic E-state index is 6.16. The van der Waals surface area contributed by atoms with E-state index in [0.29, 0.717) is 0 Å². The van der Waals surface area contributed by atoms with Crippen LogP contribution in [0.3, 0.4) is 0 Å². The van der Waals surface area contributed by atoms with E-state index in [0.717, 1.165) is 5.02 Å². The highest BCUT2D eigenvalue weighted by Gasteiger charge is 2.14. The molecular weight excluding hydrogens is 404 g/mol. The lowest BCUT2D eigenvalue weighted by Crippen LogP contribution is -1.88. The van der Waals surface area contributed by atoms with Crippen LogP contribution < -0.4 is 0 Å². The van der Waals surface area contributed by atoms with Crippen molar-refractivity contribution in [2.45, 2.75) is 0 Å². The van der Waals surface area contributed by atoms with Gasteiger partial charge in [0.25, 0.3) is 0 Å². The Hall–Kier alpha value is -3.13. The molecule has 2 heteroatoms. The Morgan fingerprint density at radius 1 is 0.533 bits per heavy atom. The van der Waals surface area contributed by atoms with Gasteiger partial charge in [-0.15, -0.1) is 11.3 Å². The third kappa shape index (κ3) is 2.82. The lowest BCUT2D eigenvalue weighted by atomic mass is 9.89. The van der Waals surface area contributed by atoms with E-state index < -0.39 is 0 Å². The quantitative estimate of drug-likeness (QED) is 0.262. The largest absolute Gasteiger partial charge is 0.135 e. The zero-order chi connectivity index (χ0) is 20.1.